The molecular formula is C11H9F3N2O2. The van der Waals surface area contributed by atoms with Crippen molar-refractivity contribution in [3.05, 3.63) is 41.5 Å². The van der Waals surface area contributed by atoms with Crippen molar-refractivity contribution >= 4 is 0 Å². The van der Waals surface area contributed by atoms with Crippen molar-refractivity contribution in [1.82, 2.24) is 10.1 Å². The van der Waals surface area contributed by atoms with Crippen molar-refractivity contribution < 1.29 is 22.4 Å². The summed E-state index contributed by atoms with van der Waals surface area (Å²) in [6.45, 7) is 1.66. The molecule has 0 bridgehead atoms. The monoisotopic (exact) mass is 258 g/mol. The van der Waals surface area contributed by atoms with Gasteiger partial charge in [0.15, 0.2) is 5.82 Å². The Kier molecular flexibility index (Phi) is 3.22. The molecule has 0 fully saturated rings. The van der Waals surface area contributed by atoms with Gasteiger partial charge in [0.1, 0.15) is 5.75 Å². The van der Waals surface area contributed by atoms with Gasteiger partial charge in [-0.2, -0.15) is 4.98 Å². The minimum absolute atomic E-state index is 0.260. The maximum absolute atomic E-state index is 12.0. The molecule has 18 heavy (non-hydrogen) atoms. The maximum Gasteiger partial charge on any atom is 0.573 e. The molecule has 7 heteroatoms. The highest BCUT2D eigenvalue weighted by Crippen LogP contribution is 2.24. The Bertz CT molecular complexity index is 537. The van der Waals surface area contributed by atoms with Gasteiger partial charge in [-0.25, -0.2) is 0 Å². The first-order chi connectivity index (χ1) is 8.42. The minimum atomic E-state index is -4.69. The molecule has 0 atom stereocenters. The Balaban J connectivity index is 2.12. The van der Waals surface area contributed by atoms with E-state index in [-0.39, 0.29) is 12.2 Å². The summed E-state index contributed by atoms with van der Waals surface area (Å²) in [6, 6.07) is 5.64. The summed E-state index contributed by atoms with van der Waals surface area (Å²) in [5, 5.41) is 3.60. The van der Waals surface area contributed by atoms with Crippen LogP contribution in [-0.4, -0.2) is 16.5 Å². The van der Waals surface area contributed by atoms with E-state index >= 15 is 0 Å². The maximum atomic E-state index is 12.0. The predicted octanol–water partition coefficient (Wildman–Crippen LogP) is 2.87. The Hall–Kier alpha value is -2.05. The summed E-state index contributed by atoms with van der Waals surface area (Å²) in [6.07, 6.45) is -4.43. The second-order valence-corrected chi connectivity index (χ2v) is 3.61. The van der Waals surface area contributed by atoms with Crippen LogP contribution in [0.2, 0.25) is 0 Å². The van der Waals surface area contributed by atoms with E-state index in [9.17, 15) is 13.2 Å². The number of rotatable bonds is 3. The molecule has 4 nitrogen and oxygen atoms in total. The van der Waals surface area contributed by atoms with Gasteiger partial charge in [0, 0.05) is 0 Å². The van der Waals surface area contributed by atoms with Gasteiger partial charge >= 0.3 is 6.36 Å². The lowest BCUT2D eigenvalue weighted by Crippen LogP contribution is -2.17. The smallest absolute Gasteiger partial charge is 0.406 e. The highest BCUT2D eigenvalue weighted by molar-refractivity contribution is 5.30. The van der Waals surface area contributed by atoms with E-state index in [4.69, 9.17) is 4.52 Å². The first kappa shape index (κ1) is 12.4. The molecule has 0 saturated carbocycles. The molecule has 2 rings (SSSR count). The van der Waals surface area contributed by atoms with Crippen molar-refractivity contribution in [3.63, 3.8) is 0 Å². The van der Waals surface area contributed by atoms with E-state index in [2.05, 4.69) is 14.9 Å². The van der Waals surface area contributed by atoms with Gasteiger partial charge in [0.05, 0.1) is 6.42 Å². The summed E-state index contributed by atoms with van der Waals surface area (Å²) in [5.74, 6) is 0.556. The van der Waals surface area contributed by atoms with Gasteiger partial charge in [0.2, 0.25) is 5.89 Å². The van der Waals surface area contributed by atoms with Crippen molar-refractivity contribution in [2.45, 2.75) is 19.7 Å². The second-order valence-electron chi connectivity index (χ2n) is 3.61. The van der Waals surface area contributed by atoms with Crippen molar-refractivity contribution in [1.29, 1.82) is 0 Å². The largest absolute Gasteiger partial charge is 0.573 e. The third kappa shape index (κ3) is 3.47. The first-order valence-electron chi connectivity index (χ1n) is 5.06. The van der Waals surface area contributed by atoms with Crippen LogP contribution in [0.3, 0.4) is 0 Å². The molecule has 0 unspecified atom stereocenters. The summed E-state index contributed by atoms with van der Waals surface area (Å²) in [4.78, 5) is 3.97. The third-order valence-corrected chi connectivity index (χ3v) is 2.06. The number of hydrogen-bond acceptors (Lipinski definition) is 4. The van der Waals surface area contributed by atoms with Crippen molar-refractivity contribution in [3.8, 4) is 5.75 Å². The van der Waals surface area contributed by atoms with Gasteiger partial charge < -0.3 is 9.26 Å². The molecule has 0 amide bonds. The molecule has 1 heterocycles. The molecule has 0 radical (unpaired) electrons. The van der Waals surface area contributed by atoms with Crippen LogP contribution in [0, 0.1) is 6.92 Å². The van der Waals surface area contributed by atoms with Gasteiger partial charge in [-0.05, 0) is 24.6 Å². The number of halogens is 3. The fourth-order valence-corrected chi connectivity index (χ4v) is 1.44. The second kappa shape index (κ2) is 4.67. The molecule has 0 aliphatic carbocycles. The topological polar surface area (TPSA) is 48.2 Å². The predicted molar refractivity (Wildman–Crippen MR) is 55.0 cm³/mol. The molecule has 1 aromatic carbocycles. The van der Waals surface area contributed by atoms with E-state index in [0.717, 1.165) is 0 Å². The molecule has 1 aromatic heterocycles. The molecule has 2 aromatic rings. The Morgan fingerprint density at radius 1 is 1.33 bits per heavy atom. The SMILES string of the molecule is Cc1noc(Cc2cccc(OC(F)(F)F)c2)n1. The lowest BCUT2D eigenvalue weighted by atomic mass is 10.1. The Labute approximate surface area is 100 Å². The van der Waals surface area contributed by atoms with Gasteiger partial charge in [0.25, 0.3) is 0 Å². The summed E-state index contributed by atoms with van der Waals surface area (Å²) in [7, 11) is 0. The summed E-state index contributed by atoms with van der Waals surface area (Å²) < 4.78 is 44.8. The van der Waals surface area contributed by atoms with E-state index < -0.39 is 6.36 Å². The third-order valence-electron chi connectivity index (χ3n) is 2.06. The highest BCUT2D eigenvalue weighted by Gasteiger charge is 2.31. The minimum Gasteiger partial charge on any atom is -0.406 e. The van der Waals surface area contributed by atoms with E-state index in [1.165, 1.54) is 18.2 Å². The Morgan fingerprint density at radius 3 is 2.72 bits per heavy atom. The van der Waals surface area contributed by atoms with Crippen LogP contribution in [0.15, 0.2) is 28.8 Å². The molecule has 96 valence electrons. The van der Waals surface area contributed by atoms with Crippen LogP contribution in [-0.2, 0) is 6.42 Å². The first-order valence-corrected chi connectivity index (χ1v) is 5.06. The van der Waals surface area contributed by atoms with Crippen LogP contribution >= 0.6 is 0 Å². The van der Waals surface area contributed by atoms with Gasteiger partial charge in [-0.1, -0.05) is 17.3 Å². The normalized spacial score (nSPS) is 11.6. The van der Waals surface area contributed by atoms with E-state index in [1.807, 2.05) is 0 Å². The van der Waals surface area contributed by atoms with Crippen LogP contribution in [0.25, 0.3) is 0 Å². The fourth-order valence-electron chi connectivity index (χ4n) is 1.44. The molecule has 0 N–H and O–H groups in total. The van der Waals surface area contributed by atoms with E-state index in [1.54, 1.807) is 13.0 Å². The quantitative estimate of drug-likeness (QED) is 0.849. The number of hydrogen-bond donors (Lipinski definition) is 0. The number of aromatic nitrogens is 2. The fraction of sp³-hybridized carbons (Fsp3) is 0.273. The Morgan fingerprint density at radius 2 is 2.11 bits per heavy atom. The number of aryl methyl sites for hydroxylation is 1. The molecular weight excluding hydrogens is 249 g/mol. The standard InChI is InChI=1S/C11H9F3N2O2/c1-7-15-10(18-16-7)6-8-3-2-4-9(5-8)17-11(12,13)14/h2-5H,6H2,1H3. The number of benzene rings is 1. The van der Waals surface area contributed by atoms with Gasteiger partial charge in [-0.15, -0.1) is 13.2 Å². The molecule has 0 aliphatic rings. The lowest BCUT2D eigenvalue weighted by Gasteiger charge is -2.09. The number of alkyl halides is 3. The van der Waals surface area contributed by atoms with Crippen molar-refractivity contribution in [2.75, 3.05) is 0 Å². The van der Waals surface area contributed by atoms with Crippen LogP contribution in [0.4, 0.5) is 13.2 Å². The lowest BCUT2D eigenvalue weighted by molar-refractivity contribution is -0.274. The summed E-state index contributed by atoms with van der Waals surface area (Å²) >= 11 is 0. The highest BCUT2D eigenvalue weighted by atomic mass is 19.4. The summed E-state index contributed by atoms with van der Waals surface area (Å²) in [5.41, 5.74) is 0.598. The van der Waals surface area contributed by atoms with Crippen LogP contribution < -0.4 is 4.74 Å². The molecule has 0 spiro atoms. The van der Waals surface area contributed by atoms with Crippen LogP contribution in [0.5, 0.6) is 5.75 Å². The van der Waals surface area contributed by atoms with Gasteiger partial charge in [-0.3, -0.25) is 0 Å². The number of ether oxygens (including phenoxy) is 1. The zero-order valence-electron chi connectivity index (χ0n) is 9.36. The average Bonchev–Trinajstić information content (AvgIpc) is 2.62. The molecule has 0 aliphatic heterocycles. The average molecular weight is 258 g/mol. The van der Waals surface area contributed by atoms with Crippen LogP contribution in [0.1, 0.15) is 17.3 Å². The number of nitrogens with zero attached hydrogens (tertiary/aromatic N) is 2. The zero-order valence-corrected chi connectivity index (χ0v) is 9.36. The van der Waals surface area contributed by atoms with E-state index in [0.29, 0.717) is 17.3 Å². The zero-order chi connectivity index (χ0) is 13.2. The van der Waals surface area contributed by atoms with Crippen molar-refractivity contribution in [2.24, 2.45) is 0 Å². The molecule has 0 saturated heterocycles.